The van der Waals surface area contributed by atoms with Crippen molar-refractivity contribution in [3.05, 3.63) is 30.4 Å². The number of hydrogen-bond acceptors (Lipinski definition) is 5. The first-order chi connectivity index (χ1) is 11.4. The number of carbonyl (C=O) groups excluding carboxylic acids is 1. The van der Waals surface area contributed by atoms with Crippen molar-refractivity contribution in [2.45, 2.75) is 37.9 Å². The molecule has 2 aromatic rings. The van der Waals surface area contributed by atoms with E-state index >= 15 is 0 Å². The predicted molar refractivity (Wildman–Crippen MR) is 76.6 cm³/mol. The van der Waals surface area contributed by atoms with Crippen molar-refractivity contribution in [1.29, 1.82) is 0 Å². The number of aromatic nitrogens is 3. The molecule has 2 aromatic heterocycles. The number of alkyl halides is 3. The van der Waals surface area contributed by atoms with Crippen LogP contribution in [-0.2, 0) is 11.2 Å². The molecule has 1 atom stereocenters. The average Bonchev–Trinajstić information content (AvgIpc) is 3.16. The van der Waals surface area contributed by atoms with Crippen LogP contribution in [0.25, 0.3) is 11.5 Å². The van der Waals surface area contributed by atoms with Crippen LogP contribution >= 0.6 is 0 Å². The van der Waals surface area contributed by atoms with Gasteiger partial charge in [0.15, 0.2) is 5.82 Å². The Bertz CT molecular complexity index is 702. The summed E-state index contributed by atoms with van der Waals surface area (Å²) in [6.45, 7) is 0.326. The van der Waals surface area contributed by atoms with E-state index in [-0.39, 0.29) is 12.5 Å². The molecule has 0 radical (unpaired) electrons. The van der Waals surface area contributed by atoms with Crippen molar-refractivity contribution in [1.82, 2.24) is 20.0 Å². The van der Waals surface area contributed by atoms with E-state index in [1.807, 2.05) is 0 Å². The average molecular weight is 340 g/mol. The Morgan fingerprint density at radius 3 is 2.96 bits per heavy atom. The Morgan fingerprint density at radius 1 is 1.42 bits per heavy atom. The summed E-state index contributed by atoms with van der Waals surface area (Å²) in [6.07, 6.45) is -1.18. The lowest BCUT2D eigenvalue weighted by molar-refractivity contribution is -0.161. The summed E-state index contributed by atoms with van der Waals surface area (Å²) in [5, 5.41) is 3.85. The van der Waals surface area contributed by atoms with Crippen LogP contribution in [0.15, 0.2) is 29.0 Å². The highest BCUT2D eigenvalue weighted by atomic mass is 19.4. The third-order valence-electron chi connectivity index (χ3n) is 3.84. The van der Waals surface area contributed by atoms with Gasteiger partial charge in [-0.3, -0.25) is 9.78 Å². The zero-order valence-corrected chi connectivity index (χ0v) is 12.7. The minimum Gasteiger partial charge on any atom is -0.339 e. The molecule has 0 aromatic carbocycles. The fraction of sp³-hybridized carbons (Fsp3) is 0.467. The molecule has 0 bridgehead atoms. The van der Waals surface area contributed by atoms with E-state index in [0.717, 1.165) is 0 Å². The highest BCUT2D eigenvalue weighted by molar-refractivity contribution is 5.77. The molecule has 1 aliphatic rings. The van der Waals surface area contributed by atoms with Crippen LogP contribution in [-0.4, -0.2) is 44.7 Å². The standard InChI is InChI=1S/C15H15F3N4O2/c16-15(17,18)8-13(23)22-6-2-4-11(22)7-12-20-14(24-21-12)10-3-1-5-19-9-10/h1,3,5,9,11H,2,4,6-8H2. The second kappa shape index (κ2) is 6.58. The van der Waals surface area contributed by atoms with Crippen molar-refractivity contribution in [2.24, 2.45) is 0 Å². The molecule has 6 nitrogen and oxygen atoms in total. The molecular formula is C15H15F3N4O2. The first-order valence-corrected chi connectivity index (χ1v) is 7.51. The van der Waals surface area contributed by atoms with Gasteiger partial charge in [-0.2, -0.15) is 18.2 Å². The number of pyridine rings is 1. The molecule has 24 heavy (non-hydrogen) atoms. The van der Waals surface area contributed by atoms with Gasteiger partial charge in [-0.25, -0.2) is 0 Å². The van der Waals surface area contributed by atoms with Crippen molar-refractivity contribution < 1.29 is 22.5 Å². The number of carbonyl (C=O) groups is 1. The zero-order chi connectivity index (χ0) is 17.2. The molecule has 0 spiro atoms. The van der Waals surface area contributed by atoms with Gasteiger partial charge in [0.2, 0.25) is 5.91 Å². The van der Waals surface area contributed by atoms with E-state index in [1.54, 1.807) is 24.5 Å². The third kappa shape index (κ3) is 3.90. The number of likely N-dealkylation sites (tertiary alicyclic amines) is 1. The van der Waals surface area contributed by atoms with E-state index in [4.69, 9.17) is 4.52 Å². The summed E-state index contributed by atoms with van der Waals surface area (Å²) in [4.78, 5) is 21.3. The largest absolute Gasteiger partial charge is 0.397 e. The smallest absolute Gasteiger partial charge is 0.339 e. The van der Waals surface area contributed by atoms with Crippen LogP contribution in [0, 0.1) is 0 Å². The Kier molecular flexibility index (Phi) is 4.50. The second-order valence-corrected chi connectivity index (χ2v) is 5.64. The molecule has 1 saturated heterocycles. The lowest BCUT2D eigenvalue weighted by Gasteiger charge is -2.24. The maximum Gasteiger partial charge on any atom is 0.397 e. The first kappa shape index (κ1) is 16.4. The lowest BCUT2D eigenvalue weighted by atomic mass is 10.1. The Morgan fingerprint density at radius 2 is 2.25 bits per heavy atom. The van der Waals surface area contributed by atoms with Crippen molar-refractivity contribution >= 4 is 5.91 Å². The van der Waals surface area contributed by atoms with Gasteiger partial charge in [-0.05, 0) is 25.0 Å². The Hall–Kier alpha value is -2.45. The summed E-state index contributed by atoms with van der Waals surface area (Å²) in [6, 6.07) is 3.16. The lowest BCUT2D eigenvalue weighted by Crippen LogP contribution is -2.39. The topological polar surface area (TPSA) is 72.1 Å². The summed E-state index contributed by atoms with van der Waals surface area (Å²) >= 11 is 0. The molecule has 1 amide bonds. The molecule has 3 rings (SSSR count). The Balaban J connectivity index is 1.67. The van der Waals surface area contributed by atoms with Crippen LogP contribution in [0.1, 0.15) is 25.1 Å². The molecule has 9 heteroatoms. The van der Waals surface area contributed by atoms with E-state index < -0.39 is 18.5 Å². The molecule has 128 valence electrons. The fourth-order valence-electron chi connectivity index (χ4n) is 2.80. The molecule has 0 N–H and O–H groups in total. The molecule has 1 aliphatic heterocycles. The van der Waals surface area contributed by atoms with Crippen LogP contribution < -0.4 is 0 Å². The number of amides is 1. The van der Waals surface area contributed by atoms with Gasteiger partial charge >= 0.3 is 6.18 Å². The van der Waals surface area contributed by atoms with Gasteiger partial charge < -0.3 is 9.42 Å². The van der Waals surface area contributed by atoms with E-state index in [2.05, 4.69) is 15.1 Å². The van der Waals surface area contributed by atoms with Crippen molar-refractivity contribution in [3.8, 4) is 11.5 Å². The molecule has 0 saturated carbocycles. The molecular weight excluding hydrogens is 325 g/mol. The van der Waals surface area contributed by atoms with Gasteiger partial charge in [-0.1, -0.05) is 5.16 Å². The van der Waals surface area contributed by atoms with E-state index in [9.17, 15) is 18.0 Å². The summed E-state index contributed by atoms with van der Waals surface area (Å²) in [5.74, 6) is -0.240. The quantitative estimate of drug-likeness (QED) is 0.855. The summed E-state index contributed by atoms with van der Waals surface area (Å²) < 4.78 is 42.4. The molecule has 1 unspecified atom stereocenters. The molecule has 3 heterocycles. The third-order valence-corrected chi connectivity index (χ3v) is 3.84. The molecule has 0 aliphatic carbocycles. The normalized spacial score (nSPS) is 18.1. The maximum atomic E-state index is 12.4. The summed E-state index contributed by atoms with van der Waals surface area (Å²) in [7, 11) is 0. The van der Waals surface area contributed by atoms with Crippen LogP contribution in [0.3, 0.4) is 0 Å². The van der Waals surface area contributed by atoms with Crippen molar-refractivity contribution in [3.63, 3.8) is 0 Å². The Labute approximate surface area is 135 Å². The summed E-state index contributed by atoms with van der Waals surface area (Å²) in [5.41, 5.74) is 0.660. The number of nitrogens with zero attached hydrogens (tertiary/aromatic N) is 4. The van der Waals surface area contributed by atoms with Gasteiger partial charge in [0.05, 0.1) is 5.56 Å². The SMILES string of the molecule is O=C(CC(F)(F)F)N1CCCC1Cc1noc(-c2cccnc2)n1. The van der Waals surface area contributed by atoms with E-state index in [1.165, 1.54) is 4.90 Å². The fourth-order valence-corrected chi connectivity index (χ4v) is 2.80. The first-order valence-electron chi connectivity index (χ1n) is 7.51. The van der Waals surface area contributed by atoms with E-state index in [0.29, 0.717) is 36.7 Å². The second-order valence-electron chi connectivity index (χ2n) is 5.64. The molecule has 1 fully saturated rings. The minimum absolute atomic E-state index is 0.271. The van der Waals surface area contributed by atoms with Crippen LogP contribution in [0.4, 0.5) is 13.2 Å². The highest BCUT2D eigenvalue weighted by Crippen LogP contribution is 2.26. The number of hydrogen-bond donors (Lipinski definition) is 0. The maximum absolute atomic E-state index is 12.4. The van der Waals surface area contributed by atoms with Gasteiger partial charge in [0, 0.05) is 31.4 Å². The van der Waals surface area contributed by atoms with Crippen LogP contribution in [0.2, 0.25) is 0 Å². The van der Waals surface area contributed by atoms with Gasteiger partial charge in [0.1, 0.15) is 6.42 Å². The highest BCUT2D eigenvalue weighted by Gasteiger charge is 2.37. The minimum atomic E-state index is -4.50. The predicted octanol–water partition coefficient (Wildman–Crippen LogP) is 2.62. The van der Waals surface area contributed by atoms with Crippen molar-refractivity contribution in [2.75, 3.05) is 6.54 Å². The number of rotatable bonds is 4. The van der Waals surface area contributed by atoms with Crippen LogP contribution in [0.5, 0.6) is 0 Å². The zero-order valence-electron chi connectivity index (χ0n) is 12.7. The van der Waals surface area contributed by atoms with Gasteiger partial charge in [0.25, 0.3) is 5.89 Å². The monoisotopic (exact) mass is 340 g/mol. The van der Waals surface area contributed by atoms with Gasteiger partial charge in [-0.15, -0.1) is 0 Å². The number of halogens is 3.